The third-order valence-corrected chi connectivity index (χ3v) is 5.85. The van der Waals surface area contributed by atoms with Crippen LogP contribution in [-0.2, 0) is 26.0 Å². The molecule has 3 rings (SSSR count). The normalized spacial score (nSPS) is 14.0. The van der Waals surface area contributed by atoms with E-state index in [2.05, 4.69) is 5.32 Å². The maximum absolute atomic E-state index is 12.5. The van der Waals surface area contributed by atoms with E-state index < -0.39 is 28.0 Å². The Bertz CT molecular complexity index is 1070. The Labute approximate surface area is 175 Å². The monoisotopic (exact) mass is 432 g/mol. The van der Waals surface area contributed by atoms with Gasteiger partial charge in [0.2, 0.25) is 10.0 Å². The first kappa shape index (κ1) is 21.6. The van der Waals surface area contributed by atoms with Crippen molar-refractivity contribution in [2.75, 3.05) is 29.0 Å². The van der Waals surface area contributed by atoms with Crippen molar-refractivity contribution in [2.24, 2.45) is 0 Å². The van der Waals surface area contributed by atoms with Gasteiger partial charge in [-0.05, 0) is 56.2 Å². The second kappa shape index (κ2) is 8.74. The number of para-hydroxylation sites is 2. The van der Waals surface area contributed by atoms with Crippen molar-refractivity contribution in [2.45, 2.75) is 26.4 Å². The van der Waals surface area contributed by atoms with Crippen molar-refractivity contribution in [3.8, 4) is 5.75 Å². The number of benzene rings is 2. The predicted octanol–water partition coefficient (Wildman–Crippen LogP) is 2.59. The van der Waals surface area contributed by atoms with Crippen LogP contribution < -0.4 is 14.4 Å². The Morgan fingerprint density at radius 3 is 2.63 bits per heavy atom. The van der Waals surface area contributed by atoms with Crippen LogP contribution in [0.2, 0.25) is 0 Å². The molecule has 30 heavy (non-hydrogen) atoms. The summed E-state index contributed by atoms with van der Waals surface area (Å²) >= 11 is 0. The van der Waals surface area contributed by atoms with Gasteiger partial charge in [0.25, 0.3) is 5.91 Å². The van der Waals surface area contributed by atoms with Gasteiger partial charge < -0.3 is 14.8 Å². The number of amides is 1. The summed E-state index contributed by atoms with van der Waals surface area (Å²) in [4.78, 5) is 25.0. The van der Waals surface area contributed by atoms with Gasteiger partial charge in [-0.3, -0.25) is 9.10 Å². The molecule has 160 valence electrons. The zero-order chi connectivity index (χ0) is 21.9. The standard InChI is InChI=1S/C21H24N2O6S/c1-4-28-19-8-6-5-7-17(19)22-20(24)14(2)29-21(25)16-9-10-18-15(13-16)11-12-23(18)30(3,26)27/h5-10,13-14H,4,11-12H2,1-3H3,(H,22,24). The molecule has 1 aliphatic heterocycles. The van der Waals surface area contributed by atoms with Gasteiger partial charge in [0, 0.05) is 6.54 Å². The van der Waals surface area contributed by atoms with Crippen molar-refractivity contribution in [3.63, 3.8) is 0 Å². The predicted molar refractivity (Wildman–Crippen MR) is 113 cm³/mol. The van der Waals surface area contributed by atoms with E-state index in [4.69, 9.17) is 9.47 Å². The molecule has 2 aromatic carbocycles. The number of carbonyl (C=O) groups excluding carboxylic acids is 2. The molecule has 1 unspecified atom stereocenters. The molecule has 8 nitrogen and oxygen atoms in total. The fourth-order valence-electron chi connectivity index (χ4n) is 3.21. The Kier molecular flexibility index (Phi) is 6.31. The van der Waals surface area contributed by atoms with Gasteiger partial charge in [0.1, 0.15) is 5.75 Å². The van der Waals surface area contributed by atoms with Crippen LogP contribution in [0.4, 0.5) is 11.4 Å². The van der Waals surface area contributed by atoms with E-state index in [-0.39, 0.29) is 5.56 Å². The minimum absolute atomic E-state index is 0.262. The number of nitrogens with one attached hydrogen (secondary N) is 1. The Hall–Kier alpha value is -3.07. The maximum atomic E-state index is 12.5. The lowest BCUT2D eigenvalue weighted by atomic mass is 10.1. The molecule has 9 heteroatoms. The van der Waals surface area contributed by atoms with Crippen molar-refractivity contribution < 1.29 is 27.5 Å². The summed E-state index contributed by atoms with van der Waals surface area (Å²) in [5.41, 5.74) is 2.06. The highest BCUT2D eigenvalue weighted by molar-refractivity contribution is 7.92. The van der Waals surface area contributed by atoms with Gasteiger partial charge in [-0.15, -0.1) is 0 Å². The highest BCUT2D eigenvalue weighted by Gasteiger charge is 2.27. The van der Waals surface area contributed by atoms with Crippen LogP contribution in [0, 0.1) is 0 Å². The van der Waals surface area contributed by atoms with Crippen molar-refractivity contribution in [3.05, 3.63) is 53.6 Å². The minimum Gasteiger partial charge on any atom is -0.492 e. The molecule has 1 heterocycles. The first-order valence-electron chi connectivity index (χ1n) is 9.55. The minimum atomic E-state index is -3.36. The van der Waals surface area contributed by atoms with Gasteiger partial charge >= 0.3 is 5.97 Å². The SMILES string of the molecule is CCOc1ccccc1NC(=O)C(C)OC(=O)c1ccc2c(c1)CCN2S(C)(=O)=O. The smallest absolute Gasteiger partial charge is 0.338 e. The largest absolute Gasteiger partial charge is 0.492 e. The van der Waals surface area contributed by atoms with E-state index in [0.29, 0.717) is 36.7 Å². The second-order valence-corrected chi connectivity index (χ2v) is 8.80. The fourth-order valence-corrected chi connectivity index (χ4v) is 4.17. The van der Waals surface area contributed by atoms with E-state index in [1.54, 1.807) is 36.4 Å². The average molecular weight is 432 g/mol. The summed E-state index contributed by atoms with van der Waals surface area (Å²) in [5, 5.41) is 2.70. The lowest BCUT2D eigenvalue weighted by Gasteiger charge is -2.17. The zero-order valence-electron chi connectivity index (χ0n) is 17.0. The number of ether oxygens (including phenoxy) is 2. The van der Waals surface area contributed by atoms with E-state index in [1.807, 2.05) is 6.92 Å². The van der Waals surface area contributed by atoms with Gasteiger partial charge in [-0.2, -0.15) is 0 Å². The maximum Gasteiger partial charge on any atom is 0.338 e. The zero-order valence-corrected chi connectivity index (χ0v) is 17.9. The molecule has 0 spiro atoms. The number of nitrogens with zero attached hydrogens (tertiary/aromatic N) is 1. The molecule has 1 aliphatic rings. The highest BCUT2D eigenvalue weighted by atomic mass is 32.2. The van der Waals surface area contributed by atoms with E-state index in [0.717, 1.165) is 11.8 Å². The molecule has 0 bridgehead atoms. The van der Waals surface area contributed by atoms with Crippen LogP contribution in [0.25, 0.3) is 0 Å². The number of sulfonamides is 1. The summed E-state index contributed by atoms with van der Waals surface area (Å²) < 4.78 is 35.7. The van der Waals surface area contributed by atoms with Crippen molar-refractivity contribution in [1.82, 2.24) is 0 Å². The van der Waals surface area contributed by atoms with Gasteiger partial charge in [-0.25, -0.2) is 13.2 Å². The molecule has 0 fully saturated rings. The van der Waals surface area contributed by atoms with Crippen LogP contribution in [-0.4, -0.2) is 45.8 Å². The third-order valence-electron chi connectivity index (χ3n) is 4.67. The number of hydrogen-bond donors (Lipinski definition) is 1. The first-order chi connectivity index (χ1) is 14.2. The first-order valence-corrected chi connectivity index (χ1v) is 11.4. The number of carbonyl (C=O) groups is 2. The highest BCUT2D eigenvalue weighted by Crippen LogP contribution is 2.31. The molecular formula is C21H24N2O6S. The molecular weight excluding hydrogens is 408 g/mol. The summed E-state index contributed by atoms with van der Waals surface area (Å²) in [7, 11) is -3.36. The van der Waals surface area contributed by atoms with Crippen molar-refractivity contribution in [1.29, 1.82) is 0 Å². The van der Waals surface area contributed by atoms with Crippen molar-refractivity contribution >= 4 is 33.3 Å². The second-order valence-electron chi connectivity index (χ2n) is 6.89. The topological polar surface area (TPSA) is 102 Å². The number of hydrogen-bond acceptors (Lipinski definition) is 6. The summed E-state index contributed by atoms with van der Waals surface area (Å²) in [6, 6.07) is 11.7. The van der Waals surface area contributed by atoms with Gasteiger partial charge in [0.05, 0.1) is 29.8 Å². The molecule has 0 aliphatic carbocycles. The van der Waals surface area contributed by atoms with Crippen LogP contribution in [0.15, 0.2) is 42.5 Å². The molecule has 1 amide bonds. The number of fused-ring (bicyclic) bond motifs is 1. The average Bonchev–Trinajstić information content (AvgIpc) is 3.13. The van der Waals surface area contributed by atoms with Gasteiger partial charge in [-0.1, -0.05) is 12.1 Å². The number of esters is 1. The molecule has 2 aromatic rings. The third kappa shape index (κ3) is 4.73. The number of anilines is 2. The van der Waals surface area contributed by atoms with Crippen LogP contribution >= 0.6 is 0 Å². The molecule has 0 saturated carbocycles. The summed E-state index contributed by atoms with van der Waals surface area (Å²) in [5.74, 6) is -0.614. The van der Waals surface area contributed by atoms with E-state index in [1.165, 1.54) is 17.3 Å². The quantitative estimate of drug-likeness (QED) is 0.675. The molecule has 0 radical (unpaired) electrons. The van der Waals surface area contributed by atoms with Gasteiger partial charge in [0.15, 0.2) is 6.10 Å². The Morgan fingerprint density at radius 2 is 1.93 bits per heavy atom. The molecule has 1 atom stereocenters. The fraction of sp³-hybridized carbons (Fsp3) is 0.333. The Balaban J connectivity index is 1.67. The van der Waals surface area contributed by atoms with E-state index in [9.17, 15) is 18.0 Å². The lowest BCUT2D eigenvalue weighted by molar-refractivity contribution is -0.123. The lowest BCUT2D eigenvalue weighted by Crippen LogP contribution is -2.30. The molecule has 0 aromatic heterocycles. The summed E-state index contributed by atoms with van der Waals surface area (Å²) in [6.07, 6.45) is 0.621. The van der Waals surface area contributed by atoms with Crippen LogP contribution in [0.5, 0.6) is 5.75 Å². The van der Waals surface area contributed by atoms with Crippen LogP contribution in [0.3, 0.4) is 0 Å². The Morgan fingerprint density at radius 1 is 1.20 bits per heavy atom. The molecule has 0 saturated heterocycles. The summed E-state index contributed by atoms with van der Waals surface area (Å²) in [6.45, 7) is 4.11. The molecule has 1 N–H and O–H groups in total. The van der Waals surface area contributed by atoms with E-state index >= 15 is 0 Å². The number of rotatable bonds is 7. The van der Waals surface area contributed by atoms with Crippen LogP contribution in [0.1, 0.15) is 29.8 Å².